The van der Waals surface area contributed by atoms with Crippen molar-refractivity contribution >= 4 is 0 Å². The van der Waals surface area contributed by atoms with Gasteiger partial charge in [0.15, 0.2) is 0 Å². The van der Waals surface area contributed by atoms with Crippen molar-refractivity contribution in [2.24, 2.45) is 5.92 Å². The van der Waals surface area contributed by atoms with Gasteiger partial charge in [-0.15, -0.1) is 0 Å². The number of nitrogens with zero attached hydrogens (tertiary/aromatic N) is 1. The Morgan fingerprint density at radius 2 is 1.90 bits per heavy atom. The van der Waals surface area contributed by atoms with Gasteiger partial charge in [-0.05, 0) is 55.2 Å². The van der Waals surface area contributed by atoms with Crippen LogP contribution in [0.1, 0.15) is 51.9 Å². The van der Waals surface area contributed by atoms with Crippen molar-refractivity contribution in [3.63, 3.8) is 0 Å². The average Bonchev–Trinajstić information content (AvgIpc) is 2.48. The molecule has 0 radical (unpaired) electrons. The van der Waals surface area contributed by atoms with E-state index in [1.54, 1.807) is 11.1 Å². The van der Waals surface area contributed by atoms with E-state index in [0.717, 1.165) is 26.2 Å². The van der Waals surface area contributed by atoms with Gasteiger partial charge in [-0.3, -0.25) is 0 Å². The molecule has 1 aliphatic heterocycles. The Balaban J connectivity index is 1.91. The minimum Gasteiger partial charge on any atom is -0.369 e. The molecule has 0 bridgehead atoms. The van der Waals surface area contributed by atoms with Crippen LogP contribution in [0.2, 0.25) is 0 Å². The second kappa shape index (κ2) is 7.31. The first-order valence-electron chi connectivity index (χ1n) is 8.92. The third-order valence-corrected chi connectivity index (χ3v) is 5.13. The van der Waals surface area contributed by atoms with Gasteiger partial charge in [0.05, 0.1) is 0 Å². The normalized spacial score (nSPS) is 30.6. The lowest BCUT2D eigenvalue weighted by Crippen LogP contribution is -2.43. The van der Waals surface area contributed by atoms with Crippen molar-refractivity contribution in [2.75, 3.05) is 26.2 Å². The summed E-state index contributed by atoms with van der Waals surface area (Å²) in [6.07, 6.45) is 16.7. The summed E-state index contributed by atoms with van der Waals surface area (Å²) >= 11 is 0. The van der Waals surface area contributed by atoms with Gasteiger partial charge in [0.2, 0.25) is 0 Å². The molecule has 0 amide bonds. The maximum atomic E-state index is 3.47. The Hall–Kier alpha value is -1.02. The Morgan fingerprint density at radius 1 is 1.10 bits per heavy atom. The van der Waals surface area contributed by atoms with Gasteiger partial charge in [-0.1, -0.05) is 31.9 Å². The Labute approximate surface area is 130 Å². The molecular formula is C19H30N2. The highest BCUT2D eigenvalue weighted by Crippen LogP contribution is 2.36. The van der Waals surface area contributed by atoms with E-state index >= 15 is 0 Å². The molecule has 2 nitrogen and oxygen atoms in total. The Bertz CT molecular complexity index is 438. The van der Waals surface area contributed by atoms with Crippen molar-refractivity contribution in [3.05, 3.63) is 35.1 Å². The minimum absolute atomic E-state index is 0.686. The maximum absolute atomic E-state index is 3.47. The van der Waals surface area contributed by atoms with E-state index in [2.05, 4.69) is 35.4 Å². The van der Waals surface area contributed by atoms with Crippen molar-refractivity contribution in [1.29, 1.82) is 0 Å². The largest absolute Gasteiger partial charge is 0.369 e. The number of allylic oxidation sites excluding steroid dienone is 5. The van der Waals surface area contributed by atoms with E-state index in [-0.39, 0.29) is 0 Å². The van der Waals surface area contributed by atoms with E-state index in [0.29, 0.717) is 5.92 Å². The highest BCUT2D eigenvalue weighted by Gasteiger charge is 2.24. The number of nitrogens with one attached hydrogen (secondary N) is 1. The highest BCUT2D eigenvalue weighted by molar-refractivity contribution is 5.44. The summed E-state index contributed by atoms with van der Waals surface area (Å²) < 4.78 is 0. The smallest absolute Gasteiger partial charge is 0.0401 e. The third-order valence-electron chi connectivity index (χ3n) is 5.13. The van der Waals surface area contributed by atoms with Gasteiger partial charge in [0.1, 0.15) is 0 Å². The zero-order valence-corrected chi connectivity index (χ0v) is 13.5. The molecule has 3 aliphatic rings. The standard InChI is InChI=1S/C19H30N2/c1-16-8-7-11-18(21-14-12-20-13-15-21)19(16)17-9-5-3-2-4-6-10-17/h7,9,11,16,20H,2-6,8,10,12-15H2,1H3/b17-9+. The summed E-state index contributed by atoms with van der Waals surface area (Å²) in [5.74, 6) is 0.686. The lowest BCUT2D eigenvalue weighted by atomic mass is 9.82. The van der Waals surface area contributed by atoms with Crippen LogP contribution in [0.15, 0.2) is 35.1 Å². The van der Waals surface area contributed by atoms with E-state index in [9.17, 15) is 0 Å². The molecule has 21 heavy (non-hydrogen) atoms. The molecule has 0 aromatic heterocycles. The van der Waals surface area contributed by atoms with E-state index < -0.39 is 0 Å². The fourth-order valence-corrected chi connectivity index (χ4v) is 3.94. The van der Waals surface area contributed by atoms with Crippen LogP contribution in [0.25, 0.3) is 0 Å². The minimum atomic E-state index is 0.686. The van der Waals surface area contributed by atoms with Crippen molar-refractivity contribution in [1.82, 2.24) is 10.2 Å². The van der Waals surface area contributed by atoms with E-state index in [4.69, 9.17) is 0 Å². The van der Waals surface area contributed by atoms with Crippen LogP contribution in [0, 0.1) is 5.92 Å². The molecule has 0 aromatic rings. The summed E-state index contributed by atoms with van der Waals surface area (Å²) in [5, 5.41) is 3.47. The molecule has 1 atom stereocenters. The van der Waals surface area contributed by atoms with E-state index in [1.165, 1.54) is 50.6 Å². The molecule has 2 aliphatic carbocycles. The van der Waals surface area contributed by atoms with Crippen LogP contribution in [0.3, 0.4) is 0 Å². The highest BCUT2D eigenvalue weighted by atomic mass is 15.2. The van der Waals surface area contributed by atoms with Crippen molar-refractivity contribution in [2.45, 2.75) is 51.9 Å². The quantitative estimate of drug-likeness (QED) is 0.824. The first-order valence-corrected chi connectivity index (χ1v) is 8.92. The zero-order chi connectivity index (χ0) is 14.5. The number of hydrogen-bond donors (Lipinski definition) is 1. The van der Waals surface area contributed by atoms with Gasteiger partial charge < -0.3 is 10.2 Å². The summed E-state index contributed by atoms with van der Waals surface area (Å²) in [6, 6.07) is 0. The first-order chi connectivity index (χ1) is 10.4. The predicted octanol–water partition coefficient (Wildman–Crippen LogP) is 4.02. The number of piperazine rings is 1. The molecule has 0 spiro atoms. The van der Waals surface area contributed by atoms with Gasteiger partial charge in [0.25, 0.3) is 0 Å². The van der Waals surface area contributed by atoms with Crippen LogP contribution in [0.5, 0.6) is 0 Å². The second-order valence-electron chi connectivity index (χ2n) is 6.76. The Morgan fingerprint density at radius 3 is 2.76 bits per heavy atom. The van der Waals surface area contributed by atoms with E-state index in [1.807, 2.05) is 0 Å². The van der Waals surface area contributed by atoms with Crippen molar-refractivity contribution in [3.8, 4) is 0 Å². The molecular weight excluding hydrogens is 256 g/mol. The maximum Gasteiger partial charge on any atom is 0.0401 e. The fourth-order valence-electron chi connectivity index (χ4n) is 3.94. The van der Waals surface area contributed by atoms with Gasteiger partial charge in [-0.2, -0.15) is 0 Å². The molecule has 1 saturated heterocycles. The monoisotopic (exact) mass is 286 g/mol. The number of rotatable bonds is 2. The zero-order valence-electron chi connectivity index (χ0n) is 13.5. The first kappa shape index (κ1) is 14.9. The SMILES string of the molecule is CC1CC=CC(N2CCNCC2)=C1/C1=C/CCCCCC1. The molecule has 1 unspecified atom stereocenters. The summed E-state index contributed by atoms with van der Waals surface area (Å²) in [5.41, 5.74) is 4.86. The molecule has 1 N–H and O–H groups in total. The molecule has 0 aromatic carbocycles. The number of hydrogen-bond acceptors (Lipinski definition) is 2. The van der Waals surface area contributed by atoms with Gasteiger partial charge >= 0.3 is 0 Å². The van der Waals surface area contributed by atoms with Gasteiger partial charge in [-0.25, -0.2) is 0 Å². The fraction of sp³-hybridized carbons (Fsp3) is 0.684. The van der Waals surface area contributed by atoms with Crippen LogP contribution in [0.4, 0.5) is 0 Å². The predicted molar refractivity (Wildman–Crippen MR) is 90.2 cm³/mol. The summed E-state index contributed by atoms with van der Waals surface area (Å²) in [4.78, 5) is 2.61. The molecule has 2 heteroatoms. The summed E-state index contributed by atoms with van der Waals surface area (Å²) in [7, 11) is 0. The lowest BCUT2D eigenvalue weighted by Gasteiger charge is -2.36. The van der Waals surface area contributed by atoms with Crippen LogP contribution < -0.4 is 5.32 Å². The topological polar surface area (TPSA) is 15.3 Å². The molecule has 0 saturated carbocycles. The molecule has 1 heterocycles. The second-order valence-corrected chi connectivity index (χ2v) is 6.76. The summed E-state index contributed by atoms with van der Waals surface area (Å²) in [6.45, 7) is 6.98. The molecule has 1 fully saturated rings. The molecule has 116 valence electrons. The third kappa shape index (κ3) is 3.60. The lowest BCUT2D eigenvalue weighted by molar-refractivity contribution is 0.300. The van der Waals surface area contributed by atoms with Gasteiger partial charge in [0, 0.05) is 31.9 Å². The Kier molecular flexibility index (Phi) is 5.18. The average molecular weight is 286 g/mol. The van der Waals surface area contributed by atoms with Crippen molar-refractivity contribution < 1.29 is 0 Å². The van der Waals surface area contributed by atoms with Crippen LogP contribution in [-0.2, 0) is 0 Å². The van der Waals surface area contributed by atoms with Crippen LogP contribution in [-0.4, -0.2) is 31.1 Å². The van der Waals surface area contributed by atoms with Crippen LogP contribution >= 0.6 is 0 Å². The molecule has 3 rings (SSSR count).